The molecule has 0 atom stereocenters. The summed E-state index contributed by atoms with van der Waals surface area (Å²) in [5.41, 5.74) is 3.52. The summed E-state index contributed by atoms with van der Waals surface area (Å²) in [5.74, 6) is 2.64. The fourth-order valence-corrected chi connectivity index (χ4v) is 2.99. The van der Waals surface area contributed by atoms with Crippen molar-refractivity contribution in [2.45, 2.75) is 19.4 Å². The molecule has 0 spiro atoms. The van der Waals surface area contributed by atoms with Gasteiger partial charge in [0.25, 0.3) is 0 Å². The predicted molar refractivity (Wildman–Crippen MR) is 104 cm³/mol. The Labute approximate surface area is 154 Å². The SMILES string of the molecule is C=C(c1ccc2c(c1)C=CC(C)(C)O2)c1cc(OC)c(OC)c(OC)c1. The molecule has 0 aliphatic carbocycles. The molecule has 1 aliphatic heterocycles. The van der Waals surface area contributed by atoms with E-state index in [1.165, 1.54) is 0 Å². The number of rotatable bonds is 5. The molecule has 0 N–H and O–H groups in total. The molecule has 0 saturated heterocycles. The maximum Gasteiger partial charge on any atom is 0.203 e. The van der Waals surface area contributed by atoms with Crippen LogP contribution < -0.4 is 18.9 Å². The molecule has 0 unspecified atom stereocenters. The highest BCUT2D eigenvalue weighted by atomic mass is 16.5. The Morgan fingerprint density at radius 3 is 2.15 bits per heavy atom. The molecule has 0 fully saturated rings. The quantitative estimate of drug-likeness (QED) is 0.762. The summed E-state index contributed by atoms with van der Waals surface area (Å²) < 4.78 is 22.3. The minimum absolute atomic E-state index is 0.289. The molecule has 1 aliphatic rings. The Balaban J connectivity index is 2.00. The van der Waals surface area contributed by atoms with Gasteiger partial charge < -0.3 is 18.9 Å². The van der Waals surface area contributed by atoms with Crippen molar-refractivity contribution in [2.24, 2.45) is 0 Å². The molecule has 136 valence electrons. The monoisotopic (exact) mass is 352 g/mol. The lowest BCUT2D eigenvalue weighted by Gasteiger charge is -2.28. The standard InChI is InChI=1S/C22H24O4/c1-14(17-12-19(23-4)21(25-6)20(13-17)24-5)15-7-8-18-16(11-15)9-10-22(2,3)26-18/h7-13H,1H2,2-6H3. The summed E-state index contributed by atoms with van der Waals surface area (Å²) in [5, 5.41) is 0. The van der Waals surface area contributed by atoms with E-state index in [1.807, 2.05) is 38.1 Å². The molecule has 0 aromatic heterocycles. The van der Waals surface area contributed by atoms with Gasteiger partial charge in [-0.2, -0.15) is 0 Å². The number of hydrogen-bond acceptors (Lipinski definition) is 4. The van der Waals surface area contributed by atoms with Gasteiger partial charge in [-0.05, 0) is 60.9 Å². The Hall–Kier alpha value is -2.88. The van der Waals surface area contributed by atoms with Gasteiger partial charge in [0, 0.05) is 5.56 Å². The molecule has 0 radical (unpaired) electrons. The number of benzene rings is 2. The zero-order valence-electron chi connectivity index (χ0n) is 15.9. The van der Waals surface area contributed by atoms with Crippen molar-refractivity contribution in [2.75, 3.05) is 21.3 Å². The summed E-state index contributed by atoms with van der Waals surface area (Å²) in [7, 11) is 4.80. The third kappa shape index (κ3) is 3.27. The summed E-state index contributed by atoms with van der Waals surface area (Å²) in [6, 6.07) is 9.88. The molecule has 2 aromatic rings. The molecule has 0 amide bonds. The minimum Gasteiger partial charge on any atom is -0.493 e. The van der Waals surface area contributed by atoms with Gasteiger partial charge in [-0.3, -0.25) is 0 Å². The fourth-order valence-electron chi connectivity index (χ4n) is 2.99. The molecular formula is C22H24O4. The normalized spacial score (nSPS) is 14.2. The Bertz CT molecular complexity index is 853. The summed E-state index contributed by atoms with van der Waals surface area (Å²) in [4.78, 5) is 0. The first kappa shape index (κ1) is 17.9. The van der Waals surface area contributed by atoms with Crippen molar-refractivity contribution in [3.63, 3.8) is 0 Å². The molecular weight excluding hydrogens is 328 g/mol. The van der Waals surface area contributed by atoms with E-state index in [2.05, 4.69) is 24.8 Å². The van der Waals surface area contributed by atoms with Crippen LogP contribution in [0.2, 0.25) is 0 Å². The first-order valence-electron chi connectivity index (χ1n) is 8.40. The van der Waals surface area contributed by atoms with Crippen molar-refractivity contribution < 1.29 is 18.9 Å². The maximum absolute atomic E-state index is 5.99. The summed E-state index contributed by atoms with van der Waals surface area (Å²) >= 11 is 0. The fraction of sp³-hybridized carbons (Fsp3) is 0.273. The second kappa shape index (κ2) is 6.79. The van der Waals surface area contributed by atoms with Gasteiger partial charge in [0.1, 0.15) is 11.4 Å². The van der Waals surface area contributed by atoms with Crippen LogP contribution in [-0.2, 0) is 0 Å². The highest BCUT2D eigenvalue weighted by Crippen LogP contribution is 2.41. The molecule has 3 rings (SSSR count). The van der Waals surface area contributed by atoms with Crippen LogP contribution in [0, 0.1) is 0 Å². The molecule has 1 heterocycles. The van der Waals surface area contributed by atoms with Crippen LogP contribution in [0.3, 0.4) is 0 Å². The van der Waals surface area contributed by atoms with Crippen LogP contribution in [0.15, 0.2) is 43.0 Å². The predicted octanol–water partition coefficient (Wildman–Crippen LogP) is 4.96. The van der Waals surface area contributed by atoms with E-state index in [1.54, 1.807) is 21.3 Å². The smallest absolute Gasteiger partial charge is 0.203 e. The Morgan fingerprint density at radius 1 is 0.923 bits per heavy atom. The molecule has 0 bridgehead atoms. The van der Waals surface area contributed by atoms with Gasteiger partial charge in [0.2, 0.25) is 5.75 Å². The molecule has 0 saturated carbocycles. The third-order valence-corrected chi connectivity index (χ3v) is 4.41. The van der Waals surface area contributed by atoms with Gasteiger partial charge in [-0.15, -0.1) is 0 Å². The van der Waals surface area contributed by atoms with E-state index in [4.69, 9.17) is 18.9 Å². The van der Waals surface area contributed by atoms with Crippen LogP contribution in [0.5, 0.6) is 23.0 Å². The van der Waals surface area contributed by atoms with Crippen molar-refractivity contribution in [1.29, 1.82) is 0 Å². The lowest BCUT2D eigenvalue weighted by molar-refractivity contribution is 0.159. The second-order valence-corrected chi connectivity index (χ2v) is 6.68. The van der Waals surface area contributed by atoms with Crippen LogP contribution in [-0.4, -0.2) is 26.9 Å². The van der Waals surface area contributed by atoms with E-state index in [9.17, 15) is 0 Å². The highest BCUT2D eigenvalue weighted by Gasteiger charge is 2.22. The van der Waals surface area contributed by atoms with Crippen molar-refractivity contribution in [3.05, 3.63) is 59.7 Å². The first-order valence-corrected chi connectivity index (χ1v) is 8.40. The van der Waals surface area contributed by atoms with Gasteiger partial charge in [-0.25, -0.2) is 0 Å². The van der Waals surface area contributed by atoms with E-state index >= 15 is 0 Å². The molecule has 2 aromatic carbocycles. The first-order chi connectivity index (χ1) is 12.4. The van der Waals surface area contributed by atoms with Crippen molar-refractivity contribution in [3.8, 4) is 23.0 Å². The average molecular weight is 352 g/mol. The van der Waals surface area contributed by atoms with Gasteiger partial charge >= 0.3 is 0 Å². The summed E-state index contributed by atoms with van der Waals surface area (Å²) in [6.45, 7) is 8.34. The van der Waals surface area contributed by atoms with E-state index < -0.39 is 0 Å². The topological polar surface area (TPSA) is 36.9 Å². The van der Waals surface area contributed by atoms with E-state index in [0.29, 0.717) is 17.2 Å². The number of methoxy groups -OCH3 is 3. The van der Waals surface area contributed by atoms with Crippen molar-refractivity contribution in [1.82, 2.24) is 0 Å². The molecule has 4 heteroatoms. The van der Waals surface area contributed by atoms with Crippen LogP contribution >= 0.6 is 0 Å². The maximum atomic E-state index is 5.99. The zero-order valence-corrected chi connectivity index (χ0v) is 15.9. The van der Waals surface area contributed by atoms with Crippen molar-refractivity contribution >= 4 is 11.6 Å². The third-order valence-electron chi connectivity index (χ3n) is 4.41. The Morgan fingerprint density at radius 2 is 1.58 bits per heavy atom. The van der Waals surface area contributed by atoms with Crippen LogP contribution in [0.1, 0.15) is 30.5 Å². The van der Waals surface area contributed by atoms with E-state index in [0.717, 1.165) is 28.0 Å². The largest absolute Gasteiger partial charge is 0.493 e. The van der Waals surface area contributed by atoms with Gasteiger partial charge in [0.15, 0.2) is 11.5 Å². The Kier molecular flexibility index (Phi) is 4.68. The number of fused-ring (bicyclic) bond motifs is 1. The molecule has 26 heavy (non-hydrogen) atoms. The minimum atomic E-state index is -0.289. The van der Waals surface area contributed by atoms with E-state index in [-0.39, 0.29) is 5.60 Å². The zero-order chi connectivity index (χ0) is 18.9. The second-order valence-electron chi connectivity index (χ2n) is 6.68. The van der Waals surface area contributed by atoms with Gasteiger partial charge in [-0.1, -0.05) is 18.7 Å². The average Bonchev–Trinajstić information content (AvgIpc) is 2.65. The lowest BCUT2D eigenvalue weighted by atomic mass is 9.95. The lowest BCUT2D eigenvalue weighted by Crippen LogP contribution is -2.27. The van der Waals surface area contributed by atoms with Crippen LogP contribution in [0.4, 0.5) is 0 Å². The highest BCUT2D eigenvalue weighted by molar-refractivity contribution is 5.82. The summed E-state index contributed by atoms with van der Waals surface area (Å²) in [6.07, 6.45) is 4.14. The number of hydrogen-bond donors (Lipinski definition) is 0. The molecule has 4 nitrogen and oxygen atoms in total. The van der Waals surface area contributed by atoms with Gasteiger partial charge in [0.05, 0.1) is 21.3 Å². The number of ether oxygens (including phenoxy) is 4. The van der Waals surface area contributed by atoms with Crippen LogP contribution in [0.25, 0.3) is 11.6 Å².